The summed E-state index contributed by atoms with van der Waals surface area (Å²) in [5, 5.41) is 5.47. The second-order valence-electron chi connectivity index (χ2n) is 4.54. The fraction of sp³-hybridized carbons (Fsp3) is 0.250. The Morgan fingerprint density at radius 1 is 0.900 bits per heavy atom. The summed E-state index contributed by atoms with van der Waals surface area (Å²) in [5.74, 6) is 0. The van der Waals surface area contributed by atoms with E-state index in [-0.39, 0.29) is 6.04 Å². The molecule has 0 aromatic heterocycles. The van der Waals surface area contributed by atoms with Gasteiger partial charge in [-0.3, -0.25) is 0 Å². The number of halogens is 3. The zero-order valence-electron chi connectivity index (χ0n) is 11.2. The van der Waals surface area contributed by atoms with Crippen LogP contribution in [-0.2, 0) is 0 Å². The molecule has 0 aliphatic rings. The minimum absolute atomic E-state index is 0.107. The van der Waals surface area contributed by atoms with E-state index in [1.54, 1.807) is 0 Å². The molecule has 2 aromatic carbocycles. The lowest BCUT2D eigenvalue weighted by molar-refractivity contribution is 0.599. The van der Waals surface area contributed by atoms with Crippen molar-refractivity contribution in [2.75, 3.05) is 6.54 Å². The third kappa shape index (κ3) is 3.48. The Labute approximate surface area is 134 Å². The maximum absolute atomic E-state index is 6.34. The molecule has 1 N–H and O–H groups in total. The third-order valence-electron chi connectivity index (χ3n) is 3.10. The van der Waals surface area contributed by atoms with E-state index in [1.807, 2.05) is 42.5 Å². The van der Waals surface area contributed by atoms with Crippen LogP contribution in [0.15, 0.2) is 42.5 Å². The monoisotopic (exact) mass is 327 g/mol. The van der Waals surface area contributed by atoms with Gasteiger partial charge in [0.1, 0.15) is 0 Å². The van der Waals surface area contributed by atoms with Crippen LogP contribution in [0.5, 0.6) is 0 Å². The molecule has 0 amide bonds. The average molecular weight is 329 g/mol. The minimum Gasteiger partial charge on any atom is -0.306 e. The first-order chi connectivity index (χ1) is 9.65. The van der Waals surface area contributed by atoms with Gasteiger partial charge in [-0.1, -0.05) is 66.0 Å². The van der Waals surface area contributed by atoms with Gasteiger partial charge in [0.25, 0.3) is 0 Å². The first-order valence-electron chi connectivity index (χ1n) is 6.56. The summed E-state index contributed by atoms with van der Waals surface area (Å²) in [4.78, 5) is 0. The number of benzene rings is 2. The first kappa shape index (κ1) is 15.7. The molecule has 2 rings (SSSR count). The molecule has 20 heavy (non-hydrogen) atoms. The van der Waals surface area contributed by atoms with Crippen molar-refractivity contribution in [3.05, 3.63) is 68.7 Å². The minimum atomic E-state index is -0.107. The molecule has 0 aliphatic carbocycles. The van der Waals surface area contributed by atoms with Gasteiger partial charge in [0, 0.05) is 20.6 Å². The van der Waals surface area contributed by atoms with Crippen LogP contribution in [-0.4, -0.2) is 6.54 Å². The van der Waals surface area contributed by atoms with E-state index in [4.69, 9.17) is 34.8 Å². The molecule has 0 aliphatic heterocycles. The quantitative estimate of drug-likeness (QED) is 0.738. The molecule has 0 fully saturated rings. The second-order valence-corrected chi connectivity index (χ2v) is 5.77. The first-order valence-corrected chi connectivity index (χ1v) is 7.70. The molecule has 1 atom stereocenters. The van der Waals surface area contributed by atoms with Gasteiger partial charge in [0.05, 0.1) is 6.04 Å². The van der Waals surface area contributed by atoms with Crippen molar-refractivity contribution < 1.29 is 0 Å². The Morgan fingerprint density at radius 3 is 2.10 bits per heavy atom. The molecule has 2 aromatic rings. The van der Waals surface area contributed by atoms with Crippen molar-refractivity contribution in [2.24, 2.45) is 0 Å². The van der Waals surface area contributed by atoms with Crippen LogP contribution in [0.2, 0.25) is 15.1 Å². The highest BCUT2D eigenvalue weighted by Crippen LogP contribution is 2.36. The molecular formula is C16H16Cl3N. The van der Waals surface area contributed by atoms with Gasteiger partial charge in [-0.2, -0.15) is 0 Å². The van der Waals surface area contributed by atoms with Gasteiger partial charge in [-0.15, -0.1) is 0 Å². The Kier molecular flexibility index (Phi) is 5.74. The Morgan fingerprint density at radius 2 is 1.50 bits per heavy atom. The van der Waals surface area contributed by atoms with Gasteiger partial charge in [-0.25, -0.2) is 0 Å². The smallest absolute Gasteiger partial charge is 0.0621 e. The second kappa shape index (κ2) is 7.33. The van der Waals surface area contributed by atoms with Gasteiger partial charge in [0.2, 0.25) is 0 Å². The van der Waals surface area contributed by atoms with Gasteiger partial charge >= 0.3 is 0 Å². The van der Waals surface area contributed by atoms with Crippen LogP contribution < -0.4 is 5.32 Å². The van der Waals surface area contributed by atoms with Crippen LogP contribution in [0.25, 0.3) is 0 Å². The van der Waals surface area contributed by atoms with Crippen molar-refractivity contribution in [3.63, 3.8) is 0 Å². The molecule has 1 nitrogen and oxygen atoms in total. The van der Waals surface area contributed by atoms with Gasteiger partial charge < -0.3 is 5.32 Å². The summed E-state index contributed by atoms with van der Waals surface area (Å²) in [6, 6.07) is 13.2. The van der Waals surface area contributed by atoms with E-state index in [1.165, 1.54) is 0 Å². The SMILES string of the molecule is CCCNC(c1ccccc1Cl)c1c(Cl)cccc1Cl. The van der Waals surface area contributed by atoms with Crippen molar-refractivity contribution in [1.29, 1.82) is 0 Å². The zero-order valence-corrected chi connectivity index (χ0v) is 13.4. The van der Waals surface area contributed by atoms with E-state index in [0.717, 1.165) is 24.1 Å². The summed E-state index contributed by atoms with van der Waals surface area (Å²) in [6.45, 7) is 2.97. The van der Waals surface area contributed by atoms with Crippen LogP contribution in [0.1, 0.15) is 30.5 Å². The Hall–Kier alpha value is -0.730. The number of nitrogens with one attached hydrogen (secondary N) is 1. The molecule has 0 spiro atoms. The van der Waals surface area contributed by atoms with E-state index >= 15 is 0 Å². The molecule has 0 heterocycles. The predicted octanol–water partition coefficient (Wildman–Crippen LogP) is 5.74. The van der Waals surface area contributed by atoms with Crippen LogP contribution in [0.3, 0.4) is 0 Å². The van der Waals surface area contributed by atoms with E-state index in [9.17, 15) is 0 Å². The Bertz CT molecular complexity index is 563. The van der Waals surface area contributed by atoms with Gasteiger partial charge in [-0.05, 0) is 36.7 Å². The molecule has 4 heteroatoms. The molecular weight excluding hydrogens is 313 g/mol. The predicted molar refractivity (Wildman–Crippen MR) is 88.1 cm³/mol. The van der Waals surface area contributed by atoms with Crippen LogP contribution in [0, 0.1) is 0 Å². The van der Waals surface area contributed by atoms with Crippen molar-refractivity contribution in [3.8, 4) is 0 Å². The topological polar surface area (TPSA) is 12.0 Å². The maximum atomic E-state index is 6.34. The molecule has 0 radical (unpaired) electrons. The normalized spacial score (nSPS) is 12.4. The van der Waals surface area contributed by atoms with E-state index in [0.29, 0.717) is 15.1 Å². The van der Waals surface area contributed by atoms with Gasteiger partial charge in [0.15, 0.2) is 0 Å². The van der Waals surface area contributed by atoms with E-state index < -0.39 is 0 Å². The van der Waals surface area contributed by atoms with E-state index in [2.05, 4.69) is 12.2 Å². The lowest BCUT2D eigenvalue weighted by atomic mass is 9.98. The summed E-state index contributed by atoms with van der Waals surface area (Å²) in [6.07, 6.45) is 1.02. The zero-order chi connectivity index (χ0) is 14.5. The summed E-state index contributed by atoms with van der Waals surface area (Å²) >= 11 is 19.0. The Balaban J connectivity index is 2.50. The number of hydrogen-bond acceptors (Lipinski definition) is 1. The molecule has 0 saturated heterocycles. The largest absolute Gasteiger partial charge is 0.306 e. The standard InChI is InChI=1S/C16H16Cl3N/c1-2-10-20-16(11-6-3-4-7-12(11)17)15-13(18)8-5-9-14(15)19/h3-9,16,20H,2,10H2,1H3. The fourth-order valence-electron chi connectivity index (χ4n) is 2.15. The third-order valence-corrected chi connectivity index (χ3v) is 4.11. The molecule has 1 unspecified atom stereocenters. The highest BCUT2D eigenvalue weighted by Gasteiger charge is 2.21. The number of rotatable bonds is 5. The summed E-state index contributed by atoms with van der Waals surface area (Å²) in [5.41, 5.74) is 1.86. The van der Waals surface area contributed by atoms with Crippen LogP contribution in [0.4, 0.5) is 0 Å². The molecule has 0 saturated carbocycles. The fourth-order valence-corrected chi connectivity index (χ4v) is 3.01. The van der Waals surface area contributed by atoms with Crippen molar-refractivity contribution >= 4 is 34.8 Å². The lowest BCUT2D eigenvalue weighted by Gasteiger charge is -2.22. The average Bonchev–Trinajstić information content (AvgIpc) is 2.43. The lowest BCUT2D eigenvalue weighted by Crippen LogP contribution is -2.24. The molecule has 0 bridgehead atoms. The number of hydrogen-bond donors (Lipinski definition) is 1. The summed E-state index contributed by atoms with van der Waals surface area (Å²) < 4.78 is 0. The highest BCUT2D eigenvalue weighted by atomic mass is 35.5. The maximum Gasteiger partial charge on any atom is 0.0621 e. The summed E-state index contributed by atoms with van der Waals surface area (Å²) in [7, 11) is 0. The highest BCUT2D eigenvalue weighted by molar-refractivity contribution is 6.36. The van der Waals surface area contributed by atoms with Crippen LogP contribution >= 0.6 is 34.8 Å². The molecule has 106 valence electrons. The van der Waals surface area contributed by atoms with Crippen molar-refractivity contribution in [2.45, 2.75) is 19.4 Å². The van der Waals surface area contributed by atoms with Crippen molar-refractivity contribution in [1.82, 2.24) is 5.32 Å².